The number of ketones is 1. The van der Waals surface area contributed by atoms with Crippen LogP contribution in [0.2, 0.25) is 0 Å². The Hall–Kier alpha value is -1.98. The summed E-state index contributed by atoms with van der Waals surface area (Å²) < 4.78 is 29.5. The second-order valence-corrected chi connectivity index (χ2v) is 7.72. The number of carbonyl (C=O) groups is 1. The fourth-order valence-corrected chi connectivity index (χ4v) is 3.10. The molecule has 0 saturated carbocycles. The Morgan fingerprint density at radius 1 is 1.00 bits per heavy atom. The molecule has 0 unspecified atom stereocenters. The number of hydrogen-bond acceptors (Lipinski definition) is 4. The molecule has 2 rings (SSSR count). The van der Waals surface area contributed by atoms with Crippen LogP contribution < -0.4 is 0 Å². The van der Waals surface area contributed by atoms with Gasteiger partial charge >= 0.3 is 0 Å². The molecule has 0 spiro atoms. The number of rotatable bonds is 6. The molecule has 0 saturated heterocycles. The molecule has 0 aliphatic rings. The lowest BCUT2D eigenvalue weighted by Gasteiger charge is -2.22. The third kappa shape index (κ3) is 4.27. The zero-order valence-electron chi connectivity index (χ0n) is 13.4. The normalized spacial score (nSPS) is 12.1. The van der Waals surface area contributed by atoms with Crippen LogP contribution in [0.5, 0.6) is 0 Å². The quantitative estimate of drug-likeness (QED) is 0.599. The van der Waals surface area contributed by atoms with Crippen LogP contribution >= 0.6 is 0 Å². The van der Waals surface area contributed by atoms with Crippen molar-refractivity contribution in [2.24, 2.45) is 5.41 Å². The lowest BCUT2D eigenvalue weighted by molar-refractivity contribution is 0.0759. The Kier molecular flexibility index (Phi) is 5.02. The van der Waals surface area contributed by atoms with Crippen LogP contribution in [-0.4, -0.2) is 20.8 Å². The lowest BCUT2D eigenvalue weighted by atomic mass is 9.85. The van der Waals surface area contributed by atoms with Crippen molar-refractivity contribution in [3.05, 3.63) is 65.7 Å². The minimum atomic E-state index is -3.88. The fraction of sp³-hybridized carbons (Fsp3) is 0.278. The van der Waals surface area contributed by atoms with Gasteiger partial charge in [-0.05, 0) is 19.1 Å². The highest BCUT2D eigenvalue weighted by molar-refractivity contribution is 7.86. The molecule has 5 heteroatoms. The van der Waals surface area contributed by atoms with E-state index in [0.29, 0.717) is 5.56 Å². The smallest absolute Gasteiger partial charge is 0.293 e. The summed E-state index contributed by atoms with van der Waals surface area (Å²) in [4.78, 5) is 12.6. The van der Waals surface area contributed by atoms with E-state index in [2.05, 4.69) is 0 Å². The summed E-state index contributed by atoms with van der Waals surface area (Å²) in [5, 5.41) is 0. The van der Waals surface area contributed by atoms with E-state index in [9.17, 15) is 13.2 Å². The minimum Gasteiger partial charge on any atom is -0.293 e. The summed E-state index contributed by atoms with van der Waals surface area (Å²) in [5.41, 5.74) is 0.552. The van der Waals surface area contributed by atoms with Crippen molar-refractivity contribution in [1.82, 2.24) is 0 Å². The van der Waals surface area contributed by atoms with Gasteiger partial charge in [0.05, 0.1) is 16.9 Å². The highest BCUT2D eigenvalue weighted by Crippen LogP contribution is 2.24. The van der Waals surface area contributed by atoms with Crippen LogP contribution in [0.15, 0.2) is 59.5 Å². The SMILES string of the molecule is Cc1ccc(S(=O)(=O)OCC(C)(C)C(=O)c2ccccc2)cc1. The molecule has 122 valence electrons. The topological polar surface area (TPSA) is 60.4 Å². The zero-order valence-corrected chi connectivity index (χ0v) is 14.3. The Balaban J connectivity index is 2.12. The van der Waals surface area contributed by atoms with E-state index in [0.717, 1.165) is 5.56 Å². The second kappa shape index (κ2) is 6.64. The van der Waals surface area contributed by atoms with Gasteiger partial charge in [-0.1, -0.05) is 61.9 Å². The predicted octanol–water partition coefficient (Wildman–Crippen LogP) is 3.61. The van der Waals surface area contributed by atoms with Gasteiger partial charge in [0, 0.05) is 5.56 Å². The number of aryl methyl sites for hydroxylation is 1. The van der Waals surface area contributed by atoms with Crippen LogP contribution in [0.25, 0.3) is 0 Å². The summed E-state index contributed by atoms with van der Waals surface area (Å²) in [7, 11) is -3.88. The Labute approximate surface area is 137 Å². The lowest BCUT2D eigenvalue weighted by Crippen LogP contribution is -2.31. The van der Waals surface area contributed by atoms with E-state index in [1.54, 1.807) is 50.2 Å². The Bertz CT molecular complexity index is 776. The van der Waals surface area contributed by atoms with Crippen LogP contribution in [0.1, 0.15) is 29.8 Å². The summed E-state index contributed by atoms with van der Waals surface area (Å²) in [6.07, 6.45) is 0. The number of hydrogen-bond donors (Lipinski definition) is 0. The van der Waals surface area contributed by atoms with Crippen LogP contribution in [-0.2, 0) is 14.3 Å². The monoisotopic (exact) mass is 332 g/mol. The van der Waals surface area contributed by atoms with Crippen molar-refractivity contribution >= 4 is 15.9 Å². The van der Waals surface area contributed by atoms with Gasteiger partial charge in [-0.25, -0.2) is 0 Å². The van der Waals surface area contributed by atoms with E-state index in [4.69, 9.17) is 4.18 Å². The molecule has 0 aliphatic carbocycles. The van der Waals surface area contributed by atoms with Crippen LogP contribution in [0, 0.1) is 12.3 Å². The standard InChI is InChI=1S/C18H20O4S/c1-14-9-11-16(12-10-14)23(20,21)22-13-18(2,3)17(19)15-7-5-4-6-8-15/h4-12H,13H2,1-3H3. The van der Waals surface area contributed by atoms with Crippen molar-refractivity contribution in [3.63, 3.8) is 0 Å². The maximum atomic E-state index is 12.5. The van der Waals surface area contributed by atoms with Crippen molar-refractivity contribution in [1.29, 1.82) is 0 Å². The molecule has 0 atom stereocenters. The highest BCUT2D eigenvalue weighted by Gasteiger charge is 2.31. The summed E-state index contributed by atoms with van der Waals surface area (Å²) in [5.74, 6) is -0.155. The van der Waals surface area contributed by atoms with Gasteiger partial charge in [0.15, 0.2) is 5.78 Å². The van der Waals surface area contributed by atoms with Gasteiger partial charge in [0.25, 0.3) is 10.1 Å². The summed E-state index contributed by atoms with van der Waals surface area (Å²) in [6.45, 7) is 5.01. The first kappa shape index (κ1) is 17.4. The van der Waals surface area contributed by atoms with Gasteiger partial charge in [0.2, 0.25) is 0 Å². The van der Waals surface area contributed by atoms with Crippen LogP contribution in [0.3, 0.4) is 0 Å². The molecule has 0 fully saturated rings. The van der Waals surface area contributed by atoms with E-state index in [1.807, 2.05) is 13.0 Å². The molecule has 0 aromatic heterocycles. The van der Waals surface area contributed by atoms with Gasteiger partial charge in [-0.15, -0.1) is 0 Å². The minimum absolute atomic E-state index is 0.0889. The summed E-state index contributed by atoms with van der Waals surface area (Å²) in [6, 6.07) is 15.2. The molecule has 0 amide bonds. The Morgan fingerprint density at radius 2 is 1.57 bits per heavy atom. The highest BCUT2D eigenvalue weighted by atomic mass is 32.2. The third-order valence-electron chi connectivity index (χ3n) is 3.54. The molecule has 2 aromatic carbocycles. The average Bonchev–Trinajstić information content (AvgIpc) is 2.54. The van der Waals surface area contributed by atoms with Crippen molar-refractivity contribution in [2.45, 2.75) is 25.7 Å². The largest absolute Gasteiger partial charge is 0.297 e. The molecular weight excluding hydrogens is 312 g/mol. The molecule has 0 aliphatic heterocycles. The second-order valence-electron chi connectivity index (χ2n) is 6.11. The Morgan fingerprint density at radius 3 is 2.13 bits per heavy atom. The molecule has 4 nitrogen and oxygen atoms in total. The predicted molar refractivity (Wildman–Crippen MR) is 88.9 cm³/mol. The first-order valence-corrected chi connectivity index (χ1v) is 8.69. The number of carbonyl (C=O) groups excluding carboxylic acids is 1. The molecule has 2 aromatic rings. The van der Waals surface area contributed by atoms with Crippen molar-refractivity contribution in [3.8, 4) is 0 Å². The van der Waals surface area contributed by atoms with Crippen LogP contribution in [0.4, 0.5) is 0 Å². The molecule has 23 heavy (non-hydrogen) atoms. The third-order valence-corrected chi connectivity index (χ3v) is 4.81. The van der Waals surface area contributed by atoms with E-state index >= 15 is 0 Å². The molecule has 0 bridgehead atoms. The first-order chi connectivity index (χ1) is 10.7. The van der Waals surface area contributed by atoms with Gasteiger partial charge in [-0.3, -0.25) is 8.98 Å². The maximum absolute atomic E-state index is 12.5. The fourth-order valence-electron chi connectivity index (χ4n) is 2.04. The van der Waals surface area contributed by atoms with Gasteiger partial charge in [-0.2, -0.15) is 8.42 Å². The molecular formula is C18H20O4S. The zero-order chi connectivity index (χ0) is 17.1. The first-order valence-electron chi connectivity index (χ1n) is 7.28. The molecule has 0 N–H and O–H groups in total. The van der Waals surface area contributed by atoms with Crippen molar-refractivity contribution < 1.29 is 17.4 Å². The number of benzene rings is 2. The molecule has 0 radical (unpaired) electrons. The summed E-state index contributed by atoms with van der Waals surface area (Å²) >= 11 is 0. The van der Waals surface area contributed by atoms with Crippen molar-refractivity contribution in [2.75, 3.05) is 6.61 Å². The van der Waals surface area contributed by atoms with Gasteiger partial charge in [0.1, 0.15) is 0 Å². The maximum Gasteiger partial charge on any atom is 0.297 e. The number of Topliss-reactive ketones (excluding diaryl/α,β-unsaturated/α-hetero) is 1. The molecule has 0 heterocycles. The van der Waals surface area contributed by atoms with E-state index in [-0.39, 0.29) is 17.3 Å². The van der Waals surface area contributed by atoms with E-state index < -0.39 is 15.5 Å². The van der Waals surface area contributed by atoms with Gasteiger partial charge < -0.3 is 0 Å². The average molecular weight is 332 g/mol. The van der Waals surface area contributed by atoms with E-state index in [1.165, 1.54) is 12.1 Å².